The van der Waals surface area contributed by atoms with E-state index in [9.17, 15) is 29.3 Å². The smallest absolute Gasteiger partial charge is 0.316 e. The lowest BCUT2D eigenvalue weighted by atomic mass is 9.85. The lowest BCUT2D eigenvalue weighted by Gasteiger charge is -2.17. The number of hydrogen-bond acceptors (Lipinski definition) is 7. The van der Waals surface area contributed by atoms with Gasteiger partial charge in [-0.15, -0.1) is 0 Å². The van der Waals surface area contributed by atoms with Crippen LogP contribution < -0.4 is 14.5 Å². The molecular weight excluding hydrogens is 466 g/mol. The first-order chi connectivity index (χ1) is 17.2. The van der Waals surface area contributed by atoms with Gasteiger partial charge in [0.25, 0.3) is 5.69 Å². The first-order valence-electron chi connectivity index (χ1n) is 11.6. The molecule has 3 amide bonds. The van der Waals surface area contributed by atoms with Crippen LogP contribution in [0.3, 0.4) is 0 Å². The van der Waals surface area contributed by atoms with Gasteiger partial charge in [0, 0.05) is 30.7 Å². The van der Waals surface area contributed by atoms with Gasteiger partial charge in [-0.1, -0.05) is 24.3 Å². The fourth-order valence-corrected chi connectivity index (χ4v) is 5.02. The molecule has 3 aliphatic rings. The highest BCUT2D eigenvalue weighted by Gasteiger charge is 2.48. The van der Waals surface area contributed by atoms with Crippen LogP contribution in [0.4, 0.5) is 17.1 Å². The summed E-state index contributed by atoms with van der Waals surface area (Å²) >= 11 is 0. The minimum absolute atomic E-state index is 0.0248. The zero-order valence-electron chi connectivity index (χ0n) is 19.5. The van der Waals surface area contributed by atoms with E-state index in [1.165, 1.54) is 17.0 Å². The minimum Gasteiger partial charge on any atom is -0.426 e. The van der Waals surface area contributed by atoms with E-state index in [1.54, 1.807) is 37.3 Å². The van der Waals surface area contributed by atoms with Gasteiger partial charge in [-0.05, 0) is 38.0 Å². The van der Waals surface area contributed by atoms with Gasteiger partial charge in [0.1, 0.15) is 5.75 Å². The van der Waals surface area contributed by atoms with Gasteiger partial charge in [-0.2, -0.15) is 0 Å². The standard InChI is InChI=1S/C26H23N3O7/c1-15-9-10-17(13-22(15)29(34)35)27-14-16(11-23(27)30)26(33)36-19-6-4-5-18(12-19)28-24(31)20-7-2-3-8-21(20)25(28)32/h2-6,9-10,12-13,16,20-21H,7-8,11,14H2,1H3/t16-,20-,21+/m1/s1. The van der Waals surface area contributed by atoms with E-state index in [4.69, 9.17) is 4.74 Å². The number of carbonyl (C=O) groups is 4. The monoisotopic (exact) mass is 489 g/mol. The van der Waals surface area contributed by atoms with Crippen LogP contribution >= 0.6 is 0 Å². The normalized spacial score (nSPS) is 23.2. The Morgan fingerprint density at radius 3 is 2.36 bits per heavy atom. The molecule has 3 atom stereocenters. The number of amides is 3. The lowest BCUT2D eigenvalue weighted by Crippen LogP contribution is -2.31. The molecule has 2 aliphatic heterocycles. The number of nitrogens with zero attached hydrogens (tertiary/aromatic N) is 3. The third-order valence-electron chi connectivity index (χ3n) is 6.96. The molecule has 0 radical (unpaired) electrons. The highest BCUT2D eigenvalue weighted by atomic mass is 16.6. The van der Waals surface area contributed by atoms with Crippen molar-refractivity contribution in [3.05, 3.63) is 70.3 Å². The van der Waals surface area contributed by atoms with E-state index in [1.807, 2.05) is 12.2 Å². The zero-order valence-corrected chi connectivity index (χ0v) is 19.5. The second-order valence-electron chi connectivity index (χ2n) is 9.22. The highest BCUT2D eigenvalue weighted by Crippen LogP contribution is 2.38. The van der Waals surface area contributed by atoms with Crippen molar-refractivity contribution in [2.24, 2.45) is 17.8 Å². The van der Waals surface area contributed by atoms with Crippen molar-refractivity contribution in [1.82, 2.24) is 0 Å². The van der Waals surface area contributed by atoms with Crippen molar-refractivity contribution < 1.29 is 28.8 Å². The summed E-state index contributed by atoms with van der Waals surface area (Å²) in [7, 11) is 0. The number of imide groups is 1. The molecule has 0 N–H and O–H groups in total. The second kappa shape index (κ2) is 9.03. The molecule has 2 fully saturated rings. The highest BCUT2D eigenvalue weighted by molar-refractivity contribution is 6.22. The number of esters is 1. The molecule has 10 heteroatoms. The summed E-state index contributed by atoms with van der Waals surface area (Å²) in [6, 6.07) is 10.7. The maximum absolute atomic E-state index is 12.9. The summed E-state index contributed by atoms with van der Waals surface area (Å²) in [5.74, 6) is -2.86. The van der Waals surface area contributed by atoms with Crippen molar-refractivity contribution in [2.45, 2.75) is 26.2 Å². The maximum atomic E-state index is 12.9. The Labute approximate surface area is 206 Å². The van der Waals surface area contributed by atoms with Crippen LogP contribution in [0.25, 0.3) is 0 Å². The third-order valence-corrected chi connectivity index (χ3v) is 6.96. The van der Waals surface area contributed by atoms with E-state index in [0.29, 0.717) is 29.8 Å². The van der Waals surface area contributed by atoms with Gasteiger partial charge < -0.3 is 9.64 Å². The average Bonchev–Trinajstić information content (AvgIpc) is 3.37. The summed E-state index contributed by atoms with van der Waals surface area (Å²) in [4.78, 5) is 64.4. The number of anilines is 2. The Morgan fingerprint density at radius 1 is 1.00 bits per heavy atom. The quantitative estimate of drug-likeness (QED) is 0.157. The molecule has 0 bridgehead atoms. The number of fused-ring (bicyclic) bond motifs is 1. The molecule has 2 heterocycles. The fraction of sp³-hybridized carbons (Fsp3) is 0.308. The summed E-state index contributed by atoms with van der Waals surface area (Å²) < 4.78 is 5.51. The molecule has 5 rings (SSSR count). The van der Waals surface area contributed by atoms with Gasteiger partial charge in [0.05, 0.1) is 34.1 Å². The van der Waals surface area contributed by atoms with Crippen LogP contribution in [0, 0.1) is 34.8 Å². The number of hydrogen-bond donors (Lipinski definition) is 0. The molecule has 2 saturated heterocycles. The summed E-state index contributed by atoms with van der Waals surface area (Å²) in [6.07, 6.45) is 4.78. The molecule has 0 saturated carbocycles. The van der Waals surface area contributed by atoms with Crippen molar-refractivity contribution in [3.63, 3.8) is 0 Å². The van der Waals surface area contributed by atoms with Crippen LogP contribution in [0.15, 0.2) is 54.6 Å². The summed E-state index contributed by atoms with van der Waals surface area (Å²) in [5.41, 5.74) is 1.04. The molecule has 0 spiro atoms. The van der Waals surface area contributed by atoms with Gasteiger partial charge in [0.2, 0.25) is 17.7 Å². The Morgan fingerprint density at radius 2 is 1.69 bits per heavy atom. The van der Waals surface area contributed by atoms with Crippen LogP contribution in [0.1, 0.15) is 24.8 Å². The van der Waals surface area contributed by atoms with Crippen LogP contribution in [-0.4, -0.2) is 35.2 Å². The predicted octanol–water partition coefficient (Wildman–Crippen LogP) is 3.32. The number of nitro benzene ring substituents is 1. The topological polar surface area (TPSA) is 127 Å². The second-order valence-corrected chi connectivity index (χ2v) is 9.22. The number of nitro groups is 1. The van der Waals surface area contributed by atoms with Gasteiger partial charge in [0.15, 0.2) is 0 Å². The number of aryl methyl sites for hydroxylation is 1. The molecule has 0 aromatic heterocycles. The van der Waals surface area contributed by atoms with E-state index in [2.05, 4.69) is 0 Å². The van der Waals surface area contributed by atoms with Crippen molar-refractivity contribution in [1.29, 1.82) is 0 Å². The Bertz CT molecular complexity index is 1310. The van der Waals surface area contributed by atoms with E-state index in [-0.39, 0.29) is 54.0 Å². The number of benzene rings is 2. The van der Waals surface area contributed by atoms with Crippen LogP contribution in [-0.2, 0) is 19.2 Å². The predicted molar refractivity (Wildman–Crippen MR) is 128 cm³/mol. The van der Waals surface area contributed by atoms with E-state index < -0.39 is 16.8 Å². The third kappa shape index (κ3) is 4.04. The number of rotatable bonds is 5. The molecule has 0 unspecified atom stereocenters. The first-order valence-corrected chi connectivity index (χ1v) is 11.6. The van der Waals surface area contributed by atoms with E-state index >= 15 is 0 Å². The zero-order chi connectivity index (χ0) is 25.6. The van der Waals surface area contributed by atoms with Crippen LogP contribution in [0.2, 0.25) is 0 Å². The molecule has 36 heavy (non-hydrogen) atoms. The van der Waals surface area contributed by atoms with Crippen molar-refractivity contribution in [2.75, 3.05) is 16.3 Å². The summed E-state index contributed by atoms with van der Waals surface area (Å²) in [6.45, 7) is 1.63. The Hall–Kier alpha value is -4.34. The summed E-state index contributed by atoms with van der Waals surface area (Å²) in [5, 5.41) is 11.3. The number of ether oxygens (including phenoxy) is 1. The van der Waals surface area contributed by atoms with Gasteiger partial charge in [-0.25, -0.2) is 4.90 Å². The minimum atomic E-state index is -0.773. The SMILES string of the molecule is Cc1ccc(N2C[C@H](C(=O)Oc3cccc(N4C(=O)[C@H]5CC=CC[C@H]5C4=O)c3)CC2=O)cc1[N+](=O)[O-]. The molecule has 2 aromatic carbocycles. The Kier molecular flexibility index (Phi) is 5.87. The van der Waals surface area contributed by atoms with Crippen molar-refractivity contribution >= 4 is 40.8 Å². The maximum Gasteiger partial charge on any atom is 0.316 e. The molecule has 2 aromatic rings. The first kappa shape index (κ1) is 23.4. The van der Waals surface area contributed by atoms with E-state index in [0.717, 1.165) is 4.90 Å². The lowest BCUT2D eigenvalue weighted by molar-refractivity contribution is -0.385. The Balaban J connectivity index is 1.29. The van der Waals surface area contributed by atoms with Crippen molar-refractivity contribution in [3.8, 4) is 5.75 Å². The molecule has 184 valence electrons. The van der Waals surface area contributed by atoms with Crippen LogP contribution in [0.5, 0.6) is 5.75 Å². The number of carbonyl (C=O) groups excluding carboxylic acids is 4. The molecule has 1 aliphatic carbocycles. The van der Waals surface area contributed by atoms with Gasteiger partial charge >= 0.3 is 5.97 Å². The largest absolute Gasteiger partial charge is 0.426 e. The molecule has 10 nitrogen and oxygen atoms in total. The average molecular weight is 489 g/mol. The fourth-order valence-electron chi connectivity index (χ4n) is 5.02. The number of allylic oxidation sites excluding steroid dienone is 2. The molecular formula is C26H23N3O7. The van der Waals surface area contributed by atoms with Gasteiger partial charge in [-0.3, -0.25) is 29.3 Å².